The van der Waals surface area contributed by atoms with Crippen molar-refractivity contribution in [1.82, 2.24) is 15.3 Å². The Labute approximate surface area is 193 Å². The van der Waals surface area contributed by atoms with Crippen LogP contribution in [0.2, 0.25) is 0 Å². The first-order valence-electron chi connectivity index (χ1n) is 11.3. The van der Waals surface area contributed by atoms with Gasteiger partial charge in [-0.3, -0.25) is 4.79 Å². The van der Waals surface area contributed by atoms with Crippen molar-refractivity contribution in [3.8, 4) is 0 Å². The highest BCUT2D eigenvalue weighted by atomic mass is 32.2. The zero-order valence-electron chi connectivity index (χ0n) is 18.3. The topological polar surface area (TPSA) is 61.4 Å². The van der Waals surface area contributed by atoms with Crippen LogP contribution < -0.4 is 15.1 Å². The summed E-state index contributed by atoms with van der Waals surface area (Å²) in [5.74, 6) is 1.04. The molecular weight excluding hydrogens is 425 g/mol. The predicted molar refractivity (Wildman–Crippen MR) is 128 cm³/mol. The molecule has 2 heterocycles. The second kappa shape index (κ2) is 11.3. The Morgan fingerprint density at radius 1 is 1.09 bits per heavy atom. The molecule has 0 radical (unpaired) electrons. The Morgan fingerprint density at radius 3 is 2.69 bits per heavy atom. The Bertz CT molecular complexity index is 945. The molecule has 1 aromatic heterocycles. The molecule has 2 aliphatic rings. The predicted octanol–water partition coefficient (Wildman–Crippen LogP) is 4.04. The van der Waals surface area contributed by atoms with E-state index in [4.69, 9.17) is 0 Å². The van der Waals surface area contributed by atoms with Gasteiger partial charge in [-0.25, -0.2) is 14.4 Å². The van der Waals surface area contributed by atoms with Crippen LogP contribution in [0.25, 0.3) is 0 Å². The van der Waals surface area contributed by atoms with Gasteiger partial charge >= 0.3 is 0 Å². The molecule has 0 spiro atoms. The molecular formula is C24H30FN5OS. The first-order valence-corrected chi connectivity index (χ1v) is 12.3. The fourth-order valence-electron chi connectivity index (χ4n) is 4.15. The first kappa shape index (κ1) is 22.6. The van der Waals surface area contributed by atoms with Crippen LogP contribution in [0.4, 0.5) is 15.9 Å². The summed E-state index contributed by atoms with van der Waals surface area (Å²) in [5.41, 5.74) is 2.12. The van der Waals surface area contributed by atoms with E-state index in [1.807, 2.05) is 18.2 Å². The molecule has 1 saturated heterocycles. The van der Waals surface area contributed by atoms with Crippen LogP contribution >= 0.6 is 11.8 Å². The van der Waals surface area contributed by atoms with Gasteiger partial charge in [0.15, 0.2) is 0 Å². The minimum atomic E-state index is -0.185. The third kappa shape index (κ3) is 6.22. The largest absolute Gasteiger partial charge is 0.366 e. The number of benzene rings is 1. The van der Waals surface area contributed by atoms with Gasteiger partial charge in [-0.15, -0.1) is 0 Å². The fourth-order valence-corrected chi connectivity index (χ4v) is 4.84. The second-order valence-electron chi connectivity index (χ2n) is 8.14. The number of amides is 1. The molecule has 1 aliphatic carbocycles. The van der Waals surface area contributed by atoms with Gasteiger partial charge in [0.2, 0.25) is 5.91 Å². The summed E-state index contributed by atoms with van der Waals surface area (Å²) in [4.78, 5) is 25.2. The smallest absolute Gasteiger partial charge is 0.230 e. The highest BCUT2D eigenvalue weighted by Crippen LogP contribution is 2.24. The summed E-state index contributed by atoms with van der Waals surface area (Å²) in [6.07, 6.45) is 9.72. The molecule has 8 heteroatoms. The van der Waals surface area contributed by atoms with Crippen molar-refractivity contribution in [1.29, 1.82) is 0 Å². The molecule has 6 nitrogen and oxygen atoms in total. The maximum absolute atomic E-state index is 14.1. The molecule has 1 amide bonds. The van der Waals surface area contributed by atoms with E-state index < -0.39 is 0 Å². The molecule has 1 fully saturated rings. The number of hydrogen-bond acceptors (Lipinski definition) is 6. The third-order valence-electron chi connectivity index (χ3n) is 5.93. The van der Waals surface area contributed by atoms with Crippen LogP contribution in [-0.4, -0.2) is 54.4 Å². The lowest BCUT2D eigenvalue weighted by Crippen LogP contribution is -2.47. The number of carbonyl (C=O) groups is 1. The molecule has 0 bridgehead atoms. The average Bonchev–Trinajstić information content (AvgIpc) is 2.84. The summed E-state index contributed by atoms with van der Waals surface area (Å²) in [6.45, 7) is 3.67. The Kier molecular flexibility index (Phi) is 7.98. The second-order valence-corrected chi connectivity index (χ2v) is 9.13. The van der Waals surface area contributed by atoms with Crippen molar-refractivity contribution < 1.29 is 9.18 Å². The number of allylic oxidation sites excluding steroid dienone is 1. The van der Waals surface area contributed by atoms with Crippen LogP contribution in [0.15, 0.2) is 53.3 Å². The van der Waals surface area contributed by atoms with Crippen molar-refractivity contribution in [2.75, 3.05) is 48.3 Å². The van der Waals surface area contributed by atoms with Crippen molar-refractivity contribution in [2.45, 2.75) is 37.1 Å². The Morgan fingerprint density at radius 2 is 1.91 bits per heavy atom. The molecule has 32 heavy (non-hydrogen) atoms. The van der Waals surface area contributed by atoms with E-state index in [0.717, 1.165) is 43.4 Å². The lowest BCUT2D eigenvalue weighted by atomic mass is 9.97. The van der Waals surface area contributed by atoms with E-state index in [1.165, 1.54) is 49.1 Å². The number of carbonyl (C=O) groups excluding carboxylic acids is 1. The molecule has 0 unspecified atom stereocenters. The van der Waals surface area contributed by atoms with Gasteiger partial charge in [-0.2, -0.15) is 0 Å². The van der Waals surface area contributed by atoms with Gasteiger partial charge in [0, 0.05) is 38.8 Å². The van der Waals surface area contributed by atoms with Gasteiger partial charge in [-0.1, -0.05) is 35.5 Å². The van der Waals surface area contributed by atoms with Crippen molar-refractivity contribution in [2.24, 2.45) is 0 Å². The van der Waals surface area contributed by atoms with Crippen molar-refractivity contribution in [3.63, 3.8) is 0 Å². The van der Waals surface area contributed by atoms with Gasteiger partial charge in [0.05, 0.1) is 11.4 Å². The third-order valence-corrected chi connectivity index (χ3v) is 6.85. The van der Waals surface area contributed by atoms with E-state index in [0.29, 0.717) is 18.0 Å². The van der Waals surface area contributed by atoms with E-state index >= 15 is 0 Å². The summed E-state index contributed by atoms with van der Waals surface area (Å²) in [7, 11) is 0. The van der Waals surface area contributed by atoms with Crippen LogP contribution in [0, 0.1) is 5.82 Å². The molecule has 1 N–H and O–H groups in total. The van der Waals surface area contributed by atoms with Crippen LogP contribution in [0.1, 0.15) is 32.1 Å². The number of rotatable bonds is 8. The number of anilines is 2. The standard InChI is InChI=1S/C24H30FN5OS/c25-20-8-4-5-9-21(20)29-12-14-30(15-13-29)22-16-24(28-18-27-22)32-17-23(31)26-11-10-19-6-2-1-3-7-19/h4-6,8-9,16,18H,1-3,7,10-15,17H2,(H,26,31). The zero-order valence-corrected chi connectivity index (χ0v) is 19.1. The van der Waals surface area contributed by atoms with Gasteiger partial charge in [0.25, 0.3) is 0 Å². The summed E-state index contributed by atoms with van der Waals surface area (Å²) in [6, 6.07) is 8.83. The number of hydrogen-bond donors (Lipinski definition) is 1. The number of piperazine rings is 1. The summed E-state index contributed by atoms with van der Waals surface area (Å²) < 4.78 is 14.1. The lowest BCUT2D eigenvalue weighted by molar-refractivity contribution is -0.118. The maximum atomic E-state index is 14.1. The van der Waals surface area contributed by atoms with Crippen LogP contribution in [0.3, 0.4) is 0 Å². The fraction of sp³-hybridized carbons (Fsp3) is 0.458. The van der Waals surface area contributed by atoms with E-state index in [-0.39, 0.29) is 11.7 Å². The van der Waals surface area contributed by atoms with E-state index in [1.54, 1.807) is 12.4 Å². The molecule has 2 aromatic rings. The number of thioether (sulfide) groups is 1. The summed E-state index contributed by atoms with van der Waals surface area (Å²) in [5, 5.41) is 3.80. The van der Waals surface area contributed by atoms with E-state index in [2.05, 4.69) is 31.2 Å². The molecule has 0 atom stereocenters. The number of halogens is 1. The average molecular weight is 456 g/mol. The molecule has 1 aliphatic heterocycles. The van der Waals surface area contributed by atoms with Crippen molar-refractivity contribution >= 4 is 29.2 Å². The van der Waals surface area contributed by atoms with Crippen molar-refractivity contribution in [3.05, 3.63) is 54.1 Å². The minimum Gasteiger partial charge on any atom is -0.366 e. The van der Waals surface area contributed by atoms with Crippen LogP contribution in [0.5, 0.6) is 0 Å². The minimum absolute atomic E-state index is 0.0325. The van der Waals surface area contributed by atoms with Gasteiger partial charge in [0.1, 0.15) is 23.0 Å². The monoisotopic (exact) mass is 455 g/mol. The number of nitrogens with one attached hydrogen (secondary N) is 1. The van der Waals surface area contributed by atoms with E-state index in [9.17, 15) is 9.18 Å². The normalized spacial score (nSPS) is 16.6. The first-order chi connectivity index (χ1) is 15.7. The zero-order chi connectivity index (χ0) is 22.2. The Balaban J connectivity index is 1.22. The van der Waals surface area contributed by atoms with Gasteiger partial charge < -0.3 is 15.1 Å². The van der Waals surface area contributed by atoms with Gasteiger partial charge in [-0.05, 0) is 44.2 Å². The quantitative estimate of drug-likeness (QED) is 0.368. The molecule has 1 aromatic carbocycles. The number of nitrogens with zero attached hydrogens (tertiary/aromatic N) is 4. The maximum Gasteiger partial charge on any atom is 0.230 e. The highest BCUT2D eigenvalue weighted by Gasteiger charge is 2.20. The SMILES string of the molecule is O=C(CSc1cc(N2CCN(c3ccccc3F)CC2)ncn1)NCCC1=CCCCC1. The lowest BCUT2D eigenvalue weighted by Gasteiger charge is -2.36. The number of aromatic nitrogens is 2. The molecule has 0 saturated carbocycles. The summed E-state index contributed by atoms with van der Waals surface area (Å²) >= 11 is 1.43. The highest BCUT2D eigenvalue weighted by molar-refractivity contribution is 7.99. The molecule has 4 rings (SSSR count). The molecule has 170 valence electrons. The number of para-hydroxylation sites is 1. The van der Waals surface area contributed by atoms with Crippen LogP contribution in [-0.2, 0) is 4.79 Å². The Hall–Kier alpha value is -2.61.